The van der Waals surface area contributed by atoms with Gasteiger partial charge in [-0.05, 0) is 51.1 Å². The zero-order valence-electron chi connectivity index (χ0n) is 13.7. The van der Waals surface area contributed by atoms with Gasteiger partial charge in [-0.2, -0.15) is 0 Å². The molecule has 0 bridgehead atoms. The third-order valence-corrected chi connectivity index (χ3v) is 4.36. The molecule has 4 nitrogen and oxygen atoms in total. The summed E-state index contributed by atoms with van der Waals surface area (Å²) in [6.45, 7) is 13.3. The van der Waals surface area contributed by atoms with Crippen molar-refractivity contribution in [2.45, 2.75) is 53.0 Å². The van der Waals surface area contributed by atoms with Crippen molar-refractivity contribution in [1.82, 2.24) is 10.2 Å². The van der Waals surface area contributed by atoms with E-state index in [0.717, 1.165) is 50.9 Å². The average Bonchev–Trinajstić information content (AvgIpc) is 2.43. The lowest BCUT2D eigenvalue weighted by molar-refractivity contribution is -0.146. The van der Waals surface area contributed by atoms with Crippen LogP contribution < -0.4 is 5.32 Å². The summed E-state index contributed by atoms with van der Waals surface area (Å²) in [5, 5.41) is 3.31. The summed E-state index contributed by atoms with van der Waals surface area (Å²) in [4.78, 5) is 14.4. The van der Waals surface area contributed by atoms with E-state index >= 15 is 0 Å². The monoisotopic (exact) mass is 284 g/mol. The van der Waals surface area contributed by atoms with Crippen LogP contribution in [0, 0.1) is 11.8 Å². The van der Waals surface area contributed by atoms with Crippen LogP contribution in [0.4, 0.5) is 0 Å². The van der Waals surface area contributed by atoms with Gasteiger partial charge in [0, 0.05) is 13.1 Å². The molecule has 20 heavy (non-hydrogen) atoms. The largest absolute Gasteiger partial charge is 0.465 e. The molecular weight excluding hydrogens is 252 g/mol. The predicted octanol–water partition coefficient (Wildman–Crippen LogP) is 2.29. The second-order valence-corrected chi connectivity index (χ2v) is 6.09. The number of nitrogens with zero attached hydrogens (tertiary/aromatic N) is 1. The van der Waals surface area contributed by atoms with Crippen molar-refractivity contribution in [3.8, 4) is 0 Å². The Hall–Kier alpha value is -0.610. The number of hydrogen-bond donors (Lipinski definition) is 1. The molecule has 1 aliphatic rings. The second kappa shape index (κ2) is 9.35. The van der Waals surface area contributed by atoms with Crippen molar-refractivity contribution < 1.29 is 9.53 Å². The van der Waals surface area contributed by atoms with Crippen LogP contribution in [0.25, 0.3) is 0 Å². The van der Waals surface area contributed by atoms with Crippen LogP contribution in [0.5, 0.6) is 0 Å². The van der Waals surface area contributed by atoms with Crippen LogP contribution >= 0.6 is 0 Å². The molecule has 0 aromatic rings. The molecule has 1 aliphatic heterocycles. The number of rotatable bonds is 8. The summed E-state index contributed by atoms with van der Waals surface area (Å²) in [6, 6.07) is -0.149. The number of likely N-dealkylation sites (tertiary alicyclic amines) is 1. The lowest BCUT2D eigenvalue weighted by atomic mass is 9.88. The maximum atomic E-state index is 11.9. The van der Waals surface area contributed by atoms with Gasteiger partial charge in [0.2, 0.25) is 0 Å². The van der Waals surface area contributed by atoms with E-state index in [-0.39, 0.29) is 12.0 Å². The molecule has 0 saturated carbocycles. The Morgan fingerprint density at radius 1 is 1.35 bits per heavy atom. The molecule has 4 heteroatoms. The molecule has 1 rings (SSSR count). The van der Waals surface area contributed by atoms with E-state index < -0.39 is 0 Å². The number of piperidine rings is 1. The lowest BCUT2D eigenvalue weighted by Crippen LogP contribution is -2.44. The van der Waals surface area contributed by atoms with Gasteiger partial charge in [-0.3, -0.25) is 4.79 Å². The third kappa shape index (κ3) is 5.80. The summed E-state index contributed by atoms with van der Waals surface area (Å²) < 4.78 is 5.16. The Labute approximate surface area is 124 Å². The summed E-state index contributed by atoms with van der Waals surface area (Å²) >= 11 is 0. The van der Waals surface area contributed by atoms with Crippen LogP contribution in [0.3, 0.4) is 0 Å². The number of ether oxygens (including phenoxy) is 1. The highest BCUT2D eigenvalue weighted by Gasteiger charge is 2.25. The molecule has 3 atom stereocenters. The van der Waals surface area contributed by atoms with Gasteiger partial charge < -0.3 is 15.0 Å². The Balaban J connectivity index is 2.38. The van der Waals surface area contributed by atoms with Crippen LogP contribution in [0.1, 0.15) is 47.0 Å². The molecule has 1 saturated heterocycles. The van der Waals surface area contributed by atoms with E-state index in [2.05, 4.69) is 31.0 Å². The van der Waals surface area contributed by atoms with Gasteiger partial charge in [-0.15, -0.1) is 0 Å². The molecule has 1 N–H and O–H groups in total. The number of carbonyl (C=O) groups is 1. The van der Waals surface area contributed by atoms with Crippen molar-refractivity contribution in [3.05, 3.63) is 0 Å². The molecule has 0 aliphatic carbocycles. The van der Waals surface area contributed by atoms with Crippen molar-refractivity contribution in [2.75, 3.05) is 32.8 Å². The van der Waals surface area contributed by atoms with Crippen molar-refractivity contribution in [2.24, 2.45) is 11.8 Å². The zero-order valence-corrected chi connectivity index (χ0v) is 13.7. The molecule has 0 radical (unpaired) electrons. The second-order valence-electron chi connectivity index (χ2n) is 6.09. The molecule has 0 aromatic heterocycles. The summed E-state index contributed by atoms with van der Waals surface area (Å²) in [5.41, 5.74) is 0. The molecule has 118 valence electrons. The van der Waals surface area contributed by atoms with Gasteiger partial charge in [0.05, 0.1) is 6.61 Å². The highest BCUT2D eigenvalue weighted by Crippen LogP contribution is 2.22. The SMILES string of the molecule is CCCNC(CCN1CCC(C)C(C)C1)C(=O)OCC. The fraction of sp³-hybridized carbons (Fsp3) is 0.938. The number of nitrogens with one attached hydrogen (secondary N) is 1. The minimum atomic E-state index is -0.149. The molecule has 1 fully saturated rings. The fourth-order valence-electron chi connectivity index (χ4n) is 2.73. The molecule has 1 heterocycles. The van der Waals surface area contributed by atoms with E-state index in [4.69, 9.17) is 4.74 Å². The molecule has 0 spiro atoms. The molecule has 3 unspecified atom stereocenters. The third-order valence-electron chi connectivity index (χ3n) is 4.36. The van der Waals surface area contributed by atoms with Crippen LogP contribution in [-0.2, 0) is 9.53 Å². The van der Waals surface area contributed by atoms with E-state index in [1.54, 1.807) is 0 Å². The standard InChI is InChI=1S/C16H32N2O2/c1-5-9-17-15(16(19)20-6-2)8-11-18-10-7-13(3)14(4)12-18/h13-15,17H,5-12H2,1-4H3. The maximum Gasteiger partial charge on any atom is 0.323 e. The predicted molar refractivity (Wildman–Crippen MR) is 82.7 cm³/mol. The first kappa shape index (κ1) is 17.4. The number of esters is 1. The fourth-order valence-corrected chi connectivity index (χ4v) is 2.73. The minimum Gasteiger partial charge on any atom is -0.465 e. The Morgan fingerprint density at radius 2 is 2.10 bits per heavy atom. The first-order valence-corrected chi connectivity index (χ1v) is 8.20. The van der Waals surface area contributed by atoms with Gasteiger partial charge in [0.25, 0.3) is 0 Å². The first-order valence-electron chi connectivity index (χ1n) is 8.20. The van der Waals surface area contributed by atoms with E-state index in [1.807, 2.05) is 6.92 Å². The Morgan fingerprint density at radius 3 is 2.70 bits per heavy atom. The summed E-state index contributed by atoms with van der Waals surface area (Å²) in [7, 11) is 0. The normalized spacial score (nSPS) is 25.4. The van der Waals surface area contributed by atoms with Gasteiger partial charge in [0.15, 0.2) is 0 Å². The van der Waals surface area contributed by atoms with Crippen LogP contribution in [0.15, 0.2) is 0 Å². The summed E-state index contributed by atoms with van der Waals surface area (Å²) in [6.07, 6.45) is 3.15. The van der Waals surface area contributed by atoms with Gasteiger partial charge >= 0.3 is 5.97 Å². The Bertz CT molecular complexity index is 284. The Kier molecular flexibility index (Phi) is 8.15. The van der Waals surface area contributed by atoms with E-state index in [1.165, 1.54) is 6.42 Å². The summed E-state index contributed by atoms with van der Waals surface area (Å²) in [5.74, 6) is 1.48. The van der Waals surface area contributed by atoms with Gasteiger partial charge in [-0.25, -0.2) is 0 Å². The van der Waals surface area contributed by atoms with Gasteiger partial charge in [-0.1, -0.05) is 20.8 Å². The van der Waals surface area contributed by atoms with Crippen molar-refractivity contribution in [3.63, 3.8) is 0 Å². The lowest BCUT2D eigenvalue weighted by Gasteiger charge is -2.35. The number of hydrogen-bond acceptors (Lipinski definition) is 4. The highest BCUT2D eigenvalue weighted by molar-refractivity contribution is 5.75. The van der Waals surface area contributed by atoms with Crippen molar-refractivity contribution in [1.29, 1.82) is 0 Å². The zero-order chi connectivity index (χ0) is 15.0. The van der Waals surface area contributed by atoms with Crippen LogP contribution in [-0.4, -0.2) is 49.7 Å². The topological polar surface area (TPSA) is 41.6 Å². The van der Waals surface area contributed by atoms with Crippen LogP contribution in [0.2, 0.25) is 0 Å². The number of carbonyl (C=O) groups excluding carboxylic acids is 1. The molecular formula is C16H32N2O2. The molecule has 0 aromatic carbocycles. The minimum absolute atomic E-state index is 0.0978. The first-order chi connectivity index (χ1) is 9.58. The highest BCUT2D eigenvalue weighted by atomic mass is 16.5. The van der Waals surface area contributed by atoms with E-state index in [0.29, 0.717) is 6.61 Å². The quantitative estimate of drug-likeness (QED) is 0.694. The molecule has 0 amide bonds. The van der Waals surface area contributed by atoms with E-state index in [9.17, 15) is 4.79 Å². The van der Waals surface area contributed by atoms with Gasteiger partial charge in [0.1, 0.15) is 6.04 Å². The average molecular weight is 284 g/mol. The van der Waals surface area contributed by atoms with Crippen molar-refractivity contribution >= 4 is 5.97 Å². The maximum absolute atomic E-state index is 11.9. The smallest absolute Gasteiger partial charge is 0.323 e.